The highest BCUT2D eigenvalue weighted by Gasteiger charge is 2.23. The van der Waals surface area contributed by atoms with E-state index in [0.29, 0.717) is 0 Å². The molecule has 1 aliphatic heterocycles. The molecule has 1 saturated carbocycles. The van der Waals surface area contributed by atoms with Gasteiger partial charge in [-0.05, 0) is 38.1 Å². The third kappa shape index (κ3) is 1.72. The maximum absolute atomic E-state index is 3.48. The smallest absolute Gasteiger partial charge is 0.00991 e. The van der Waals surface area contributed by atoms with Crippen molar-refractivity contribution in [2.24, 2.45) is 5.92 Å². The van der Waals surface area contributed by atoms with Crippen molar-refractivity contribution in [3.8, 4) is 0 Å². The van der Waals surface area contributed by atoms with Gasteiger partial charge >= 0.3 is 0 Å². The summed E-state index contributed by atoms with van der Waals surface area (Å²) in [6.45, 7) is 1.24. The number of hydrogen-bond acceptors (Lipinski definition) is 1. The lowest BCUT2D eigenvalue weighted by atomic mass is 10.1. The molecule has 2 rings (SSSR count). The predicted octanol–water partition coefficient (Wildman–Crippen LogP) is 1.74. The fourth-order valence-corrected chi connectivity index (χ4v) is 1.62. The lowest BCUT2D eigenvalue weighted by Gasteiger charge is -2.07. The molecule has 0 aromatic heterocycles. The molecule has 0 amide bonds. The van der Waals surface area contributed by atoms with Crippen LogP contribution in [0.25, 0.3) is 0 Å². The predicted molar refractivity (Wildman–Crippen MR) is 42.7 cm³/mol. The zero-order valence-electron chi connectivity index (χ0n) is 6.47. The largest absolute Gasteiger partial charge is 0.314 e. The first-order valence-corrected chi connectivity index (χ1v) is 4.52. The first-order valence-electron chi connectivity index (χ1n) is 4.52. The maximum Gasteiger partial charge on any atom is 0.00991 e. The van der Waals surface area contributed by atoms with Crippen molar-refractivity contribution >= 4 is 0 Å². The second-order valence-corrected chi connectivity index (χ2v) is 3.62. The van der Waals surface area contributed by atoms with Gasteiger partial charge in [0.25, 0.3) is 0 Å². The zero-order chi connectivity index (χ0) is 6.81. The van der Waals surface area contributed by atoms with E-state index in [0.717, 1.165) is 12.0 Å². The molecular weight excluding hydrogens is 122 g/mol. The van der Waals surface area contributed by atoms with E-state index in [4.69, 9.17) is 0 Å². The van der Waals surface area contributed by atoms with Gasteiger partial charge in [0, 0.05) is 6.04 Å². The summed E-state index contributed by atoms with van der Waals surface area (Å²) in [4.78, 5) is 0. The average molecular weight is 138 g/mol. The van der Waals surface area contributed by atoms with Gasteiger partial charge in [0.05, 0.1) is 0 Å². The quantitative estimate of drug-likeness (QED) is 0.626. The molecule has 2 fully saturated rings. The zero-order valence-corrected chi connectivity index (χ0v) is 6.47. The van der Waals surface area contributed by atoms with Crippen LogP contribution in [0.2, 0.25) is 0 Å². The maximum atomic E-state index is 3.48. The van der Waals surface area contributed by atoms with Crippen LogP contribution < -0.4 is 5.32 Å². The summed E-state index contributed by atoms with van der Waals surface area (Å²) in [5, 5.41) is 3.48. The van der Waals surface area contributed by atoms with E-state index in [1.165, 1.54) is 38.6 Å². The first-order chi connectivity index (χ1) is 4.95. The molecule has 1 nitrogen and oxygen atoms in total. The standard InChI is InChI=1S/C9H16N/c1-2-9(10-7-1)6-5-8-3-4-8/h6,8-10H,1-5,7H2/t9-/m0/s1. The van der Waals surface area contributed by atoms with E-state index < -0.39 is 0 Å². The Bertz CT molecular complexity index is 101. The fraction of sp³-hybridized carbons (Fsp3) is 0.889. The molecule has 1 heterocycles. The van der Waals surface area contributed by atoms with Crippen LogP contribution in [0.3, 0.4) is 0 Å². The molecule has 1 heteroatoms. The van der Waals surface area contributed by atoms with Gasteiger partial charge in [0.15, 0.2) is 0 Å². The van der Waals surface area contributed by atoms with Crippen LogP contribution in [0, 0.1) is 12.3 Å². The summed E-state index contributed by atoms with van der Waals surface area (Å²) in [5.41, 5.74) is 0. The molecule has 57 valence electrons. The average Bonchev–Trinajstić information content (AvgIpc) is 2.63. The van der Waals surface area contributed by atoms with Crippen molar-refractivity contribution in [3.05, 3.63) is 6.42 Å². The molecule has 1 aliphatic carbocycles. The van der Waals surface area contributed by atoms with E-state index in [1.807, 2.05) is 0 Å². The Kier molecular flexibility index (Phi) is 1.94. The fourth-order valence-electron chi connectivity index (χ4n) is 1.62. The Morgan fingerprint density at radius 3 is 2.80 bits per heavy atom. The minimum Gasteiger partial charge on any atom is -0.314 e. The summed E-state index contributed by atoms with van der Waals surface area (Å²) < 4.78 is 0. The van der Waals surface area contributed by atoms with Gasteiger partial charge in [-0.2, -0.15) is 0 Å². The lowest BCUT2D eigenvalue weighted by molar-refractivity contribution is 0.628. The van der Waals surface area contributed by atoms with Gasteiger partial charge in [-0.3, -0.25) is 0 Å². The third-order valence-electron chi connectivity index (χ3n) is 2.55. The molecule has 1 radical (unpaired) electrons. The molecule has 0 spiro atoms. The number of hydrogen-bond donors (Lipinski definition) is 1. The molecule has 1 N–H and O–H groups in total. The summed E-state index contributed by atoms with van der Waals surface area (Å²) >= 11 is 0. The summed E-state index contributed by atoms with van der Waals surface area (Å²) in [6, 6.07) is 0.764. The van der Waals surface area contributed by atoms with Crippen molar-refractivity contribution in [2.45, 2.75) is 38.1 Å². The van der Waals surface area contributed by atoms with Crippen LogP contribution >= 0.6 is 0 Å². The monoisotopic (exact) mass is 138 g/mol. The minimum atomic E-state index is 0.764. The normalized spacial score (nSPS) is 33.0. The molecular formula is C9H16N. The Hall–Kier alpha value is -0.0400. The van der Waals surface area contributed by atoms with E-state index in [2.05, 4.69) is 11.7 Å². The van der Waals surface area contributed by atoms with Crippen LogP contribution in [0.4, 0.5) is 0 Å². The van der Waals surface area contributed by atoms with Crippen molar-refractivity contribution in [3.63, 3.8) is 0 Å². The van der Waals surface area contributed by atoms with Crippen molar-refractivity contribution in [1.82, 2.24) is 5.32 Å². The van der Waals surface area contributed by atoms with Gasteiger partial charge in [-0.1, -0.05) is 12.8 Å². The SMILES string of the molecule is [CH](CC1CC1)[C@@H]1CCCN1. The van der Waals surface area contributed by atoms with Gasteiger partial charge in [0.1, 0.15) is 0 Å². The van der Waals surface area contributed by atoms with Crippen LogP contribution in [-0.2, 0) is 0 Å². The van der Waals surface area contributed by atoms with Crippen molar-refractivity contribution < 1.29 is 0 Å². The van der Waals surface area contributed by atoms with Crippen molar-refractivity contribution in [1.29, 1.82) is 0 Å². The Morgan fingerprint density at radius 2 is 2.20 bits per heavy atom. The number of nitrogens with one attached hydrogen (secondary N) is 1. The second kappa shape index (κ2) is 2.91. The molecule has 10 heavy (non-hydrogen) atoms. The second-order valence-electron chi connectivity index (χ2n) is 3.62. The summed E-state index contributed by atoms with van der Waals surface area (Å²) in [6.07, 6.45) is 9.60. The first kappa shape index (κ1) is 6.66. The molecule has 0 aromatic carbocycles. The molecule has 0 aromatic rings. The molecule has 2 aliphatic rings. The summed E-state index contributed by atoms with van der Waals surface area (Å²) in [7, 11) is 0. The molecule has 1 atom stereocenters. The van der Waals surface area contributed by atoms with E-state index in [9.17, 15) is 0 Å². The number of rotatable bonds is 3. The van der Waals surface area contributed by atoms with Gasteiger partial charge in [0.2, 0.25) is 0 Å². The van der Waals surface area contributed by atoms with Gasteiger partial charge in [-0.25, -0.2) is 0 Å². The highest BCUT2D eigenvalue weighted by Crippen LogP contribution is 2.34. The Balaban J connectivity index is 1.59. The van der Waals surface area contributed by atoms with Crippen LogP contribution in [0.15, 0.2) is 0 Å². The minimum absolute atomic E-state index is 0.764. The van der Waals surface area contributed by atoms with Crippen molar-refractivity contribution in [2.75, 3.05) is 6.54 Å². The molecule has 1 saturated heterocycles. The lowest BCUT2D eigenvalue weighted by Crippen LogP contribution is -2.21. The van der Waals surface area contributed by atoms with Crippen LogP contribution in [0.5, 0.6) is 0 Å². The van der Waals surface area contributed by atoms with Gasteiger partial charge < -0.3 is 5.32 Å². The molecule has 0 unspecified atom stereocenters. The highest BCUT2D eigenvalue weighted by molar-refractivity contribution is 4.91. The highest BCUT2D eigenvalue weighted by atomic mass is 14.9. The topological polar surface area (TPSA) is 12.0 Å². The van der Waals surface area contributed by atoms with Crippen LogP contribution in [0.1, 0.15) is 32.1 Å². The van der Waals surface area contributed by atoms with E-state index in [-0.39, 0.29) is 0 Å². The summed E-state index contributed by atoms with van der Waals surface area (Å²) in [5.74, 6) is 1.07. The van der Waals surface area contributed by atoms with E-state index >= 15 is 0 Å². The van der Waals surface area contributed by atoms with Crippen LogP contribution in [-0.4, -0.2) is 12.6 Å². The Morgan fingerprint density at radius 1 is 1.30 bits per heavy atom. The Labute approximate surface area is 63.2 Å². The van der Waals surface area contributed by atoms with E-state index in [1.54, 1.807) is 0 Å². The van der Waals surface area contributed by atoms with Gasteiger partial charge in [-0.15, -0.1) is 0 Å². The third-order valence-corrected chi connectivity index (χ3v) is 2.55. The molecule has 0 bridgehead atoms.